The van der Waals surface area contributed by atoms with E-state index in [9.17, 15) is 9.59 Å². The molecule has 1 saturated heterocycles. The highest BCUT2D eigenvalue weighted by atomic mass is 35.5. The largest absolute Gasteiger partial charge is 0.371 e. The Hall–Kier alpha value is -2.16. The molecule has 2 N–H and O–H groups in total. The number of ether oxygens (including phenoxy) is 3. The molecule has 172 valence electrons. The topological polar surface area (TPSA) is 85.9 Å². The molecule has 0 spiro atoms. The van der Waals surface area contributed by atoms with Gasteiger partial charge in [0.2, 0.25) is 0 Å². The molecule has 3 rings (SSSR count). The minimum absolute atomic E-state index is 0.194. The first-order chi connectivity index (χ1) is 15.2. The predicted molar refractivity (Wildman–Crippen MR) is 122 cm³/mol. The summed E-state index contributed by atoms with van der Waals surface area (Å²) < 4.78 is 17.7. The van der Waals surface area contributed by atoms with Crippen molar-refractivity contribution in [2.24, 2.45) is 0 Å². The van der Waals surface area contributed by atoms with Crippen molar-refractivity contribution >= 4 is 35.0 Å². The maximum Gasteiger partial charge on any atom is 0.254 e. The van der Waals surface area contributed by atoms with Gasteiger partial charge in [0.05, 0.1) is 34.9 Å². The zero-order chi connectivity index (χ0) is 23.1. The second kappa shape index (κ2) is 11.1. The van der Waals surface area contributed by atoms with Crippen LogP contribution in [0.5, 0.6) is 0 Å². The van der Waals surface area contributed by atoms with Gasteiger partial charge >= 0.3 is 0 Å². The number of carbonyl (C=O) groups excluding carboxylic acids is 2. The summed E-state index contributed by atoms with van der Waals surface area (Å²) >= 11 is 12.2. The van der Waals surface area contributed by atoms with Gasteiger partial charge in [-0.15, -0.1) is 0 Å². The Balaban J connectivity index is 1.56. The van der Waals surface area contributed by atoms with E-state index in [1.54, 1.807) is 56.3 Å². The molecule has 2 amide bonds. The molecule has 32 heavy (non-hydrogen) atoms. The first kappa shape index (κ1) is 24.5. The van der Waals surface area contributed by atoms with E-state index in [0.717, 1.165) is 0 Å². The number of halogens is 2. The number of rotatable bonds is 6. The number of hydrogen-bond donors (Lipinski definition) is 2. The highest BCUT2D eigenvalue weighted by Gasteiger charge is 2.30. The molecule has 1 fully saturated rings. The van der Waals surface area contributed by atoms with E-state index in [0.29, 0.717) is 5.56 Å². The summed E-state index contributed by atoms with van der Waals surface area (Å²) in [4.78, 5) is 24.9. The number of benzene rings is 2. The SMILES string of the molecule is CC1(C)OC[C@@H](CNC(=O)c2c(Cl)cccc2Cl)OC[C@H](CNC(=O)c2ccccc2)O1. The van der Waals surface area contributed by atoms with Gasteiger partial charge in [0, 0.05) is 18.7 Å². The van der Waals surface area contributed by atoms with Crippen LogP contribution in [-0.4, -0.2) is 56.1 Å². The molecule has 0 aromatic heterocycles. The number of hydrogen-bond acceptors (Lipinski definition) is 5. The van der Waals surface area contributed by atoms with Crippen LogP contribution in [0.2, 0.25) is 10.0 Å². The lowest BCUT2D eigenvalue weighted by Gasteiger charge is -2.36. The number of nitrogens with one attached hydrogen (secondary N) is 2. The highest BCUT2D eigenvalue weighted by molar-refractivity contribution is 6.39. The highest BCUT2D eigenvalue weighted by Crippen LogP contribution is 2.24. The maximum atomic E-state index is 12.5. The molecular weight excluding hydrogens is 455 g/mol. The smallest absolute Gasteiger partial charge is 0.254 e. The van der Waals surface area contributed by atoms with Gasteiger partial charge in [-0.25, -0.2) is 0 Å². The molecule has 0 aliphatic carbocycles. The molecule has 1 aliphatic rings. The lowest BCUT2D eigenvalue weighted by atomic mass is 10.2. The third-order valence-electron chi connectivity index (χ3n) is 4.79. The molecule has 0 radical (unpaired) electrons. The van der Waals surface area contributed by atoms with Crippen LogP contribution >= 0.6 is 23.2 Å². The fourth-order valence-electron chi connectivity index (χ4n) is 3.18. The second-order valence-electron chi connectivity index (χ2n) is 7.79. The second-order valence-corrected chi connectivity index (χ2v) is 8.60. The molecule has 2 atom stereocenters. The van der Waals surface area contributed by atoms with Crippen molar-refractivity contribution in [2.75, 3.05) is 26.3 Å². The third kappa shape index (κ3) is 6.92. The van der Waals surface area contributed by atoms with Gasteiger partial charge in [0.15, 0.2) is 5.79 Å². The van der Waals surface area contributed by atoms with E-state index in [-0.39, 0.29) is 47.8 Å². The Morgan fingerprint density at radius 3 is 2.22 bits per heavy atom. The van der Waals surface area contributed by atoms with E-state index in [4.69, 9.17) is 37.4 Å². The van der Waals surface area contributed by atoms with E-state index < -0.39 is 23.9 Å². The van der Waals surface area contributed by atoms with Gasteiger partial charge in [-0.05, 0) is 38.1 Å². The average Bonchev–Trinajstić information content (AvgIpc) is 2.75. The normalized spacial score (nSPS) is 20.6. The molecule has 1 aliphatic heterocycles. The van der Waals surface area contributed by atoms with Crippen LogP contribution in [0.25, 0.3) is 0 Å². The van der Waals surface area contributed by atoms with Crippen LogP contribution in [0.3, 0.4) is 0 Å². The van der Waals surface area contributed by atoms with Gasteiger partial charge in [-0.1, -0.05) is 47.5 Å². The summed E-state index contributed by atoms with van der Waals surface area (Å²) in [6.45, 7) is 4.46. The molecule has 0 unspecified atom stereocenters. The van der Waals surface area contributed by atoms with Crippen LogP contribution in [-0.2, 0) is 14.2 Å². The Bertz CT molecular complexity index is 919. The van der Waals surface area contributed by atoms with Crippen LogP contribution < -0.4 is 10.6 Å². The summed E-state index contributed by atoms with van der Waals surface area (Å²) in [6, 6.07) is 13.8. The van der Waals surface area contributed by atoms with Crippen molar-refractivity contribution < 1.29 is 23.8 Å². The third-order valence-corrected chi connectivity index (χ3v) is 5.42. The first-order valence-electron chi connectivity index (χ1n) is 10.2. The van der Waals surface area contributed by atoms with Crippen LogP contribution in [0.4, 0.5) is 0 Å². The molecule has 9 heteroatoms. The Morgan fingerprint density at radius 1 is 0.906 bits per heavy atom. The van der Waals surface area contributed by atoms with Gasteiger partial charge in [0.25, 0.3) is 11.8 Å². The molecule has 0 saturated carbocycles. The summed E-state index contributed by atoms with van der Waals surface area (Å²) in [5.74, 6) is -1.48. The molecular formula is C23H26Cl2N2O5. The van der Waals surface area contributed by atoms with Crippen molar-refractivity contribution in [2.45, 2.75) is 31.8 Å². The Morgan fingerprint density at radius 2 is 1.53 bits per heavy atom. The Labute approximate surface area is 197 Å². The molecule has 0 bridgehead atoms. The van der Waals surface area contributed by atoms with Crippen molar-refractivity contribution in [1.82, 2.24) is 10.6 Å². The minimum Gasteiger partial charge on any atom is -0.371 e. The van der Waals surface area contributed by atoms with Gasteiger partial charge < -0.3 is 24.8 Å². The summed E-state index contributed by atoms with van der Waals surface area (Å²) in [5, 5.41) is 6.19. The fraction of sp³-hybridized carbons (Fsp3) is 0.391. The maximum absolute atomic E-state index is 12.5. The van der Waals surface area contributed by atoms with E-state index >= 15 is 0 Å². The van der Waals surface area contributed by atoms with Crippen LogP contribution in [0, 0.1) is 0 Å². The lowest BCUT2D eigenvalue weighted by molar-refractivity contribution is -0.274. The zero-order valence-corrected chi connectivity index (χ0v) is 19.4. The van der Waals surface area contributed by atoms with Gasteiger partial charge in [-0.3, -0.25) is 9.59 Å². The Kier molecular flexibility index (Phi) is 8.51. The van der Waals surface area contributed by atoms with Crippen molar-refractivity contribution in [3.05, 3.63) is 69.7 Å². The quantitative estimate of drug-likeness (QED) is 0.658. The molecule has 2 aromatic carbocycles. The van der Waals surface area contributed by atoms with Crippen molar-refractivity contribution in [3.8, 4) is 0 Å². The summed E-state index contributed by atoms with van der Waals surface area (Å²) in [5.41, 5.74) is 0.779. The minimum atomic E-state index is -0.889. The average molecular weight is 481 g/mol. The molecule has 7 nitrogen and oxygen atoms in total. The standard InChI is InChI=1S/C23H26Cl2N2O5/c1-23(2)31-14-16(11-27-22(29)20-18(24)9-6-10-19(20)25)30-13-17(32-23)12-26-21(28)15-7-4-3-5-8-15/h3-10,16-17H,11-14H2,1-2H3,(H,26,28)(H,27,29)/t16-,17+/m1/s1. The summed E-state index contributed by atoms with van der Waals surface area (Å²) in [6.07, 6.45) is -0.857. The predicted octanol–water partition coefficient (Wildman–Crippen LogP) is 3.69. The van der Waals surface area contributed by atoms with Crippen LogP contribution in [0.15, 0.2) is 48.5 Å². The first-order valence-corrected chi connectivity index (χ1v) is 11.0. The van der Waals surface area contributed by atoms with Crippen molar-refractivity contribution in [1.29, 1.82) is 0 Å². The molecule has 1 heterocycles. The zero-order valence-electron chi connectivity index (χ0n) is 17.9. The molecule has 2 aromatic rings. The van der Waals surface area contributed by atoms with Gasteiger partial charge in [-0.2, -0.15) is 0 Å². The van der Waals surface area contributed by atoms with Crippen LogP contribution in [0.1, 0.15) is 34.6 Å². The van der Waals surface area contributed by atoms with E-state index in [1.807, 2.05) is 6.07 Å². The summed E-state index contributed by atoms with van der Waals surface area (Å²) in [7, 11) is 0. The monoisotopic (exact) mass is 480 g/mol. The fourth-order valence-corrected chi connectivity index (χ4v) is 3.75. The van der Waals surface area contributed by atoms with Crippen molar-refractivity contribution in [3.63, 3.8) is 0 Å². The van der Waals surface area contributed by atoms with Gasteiger partial charge in [0.1, 0.15) is 6.10 Å². The number of amides is 2. The lowest BCUT2D eigenvalue weighted by Crippen LogP contribution is -2.48. The van der Waals surface area contributed by atoms with E-state index in [1.165, 1.54) is 0 Å². The number of carbonyl (C=O) groups is 2. The van der Waals surface area contributed by atoms with E-state index in [2.05, 4.69) is 10.6 Å².